The maximum atomic E-state index is 12.1. The van der Waals surface area contributed by atoms with E-state index in [0.29, 0.717) is 5.39 Å². The third-order valence-corrected chi connectivity index (χ3v) is 6.29. The first-order valence-corrected chi connectivity index (χ1v) is 10.9. The molecule has 0 aliphatic rings. The van der Waals surface area contributed by atoms with Crippen LogP contribution in [0.5, 0.6) is 0 Å². The molecule has 0 saturated heterocycles. The molecule has 0 spiro atoms. The van der Waals surface area contributed by atoms with Gasteiger partial charge in [0.1, 0.15) is 10.6 Å². The number of halogens is 2. The van der Waals surface area contributed by atoms with Gasteiger partial charge in [-0.1, -0.05) is 53.5 Å². The molecule has 4 aromatic rings. The zero-order valence-corrected chi connectivity index (χ0v) is 17.9. The number of pyridine rings is 2. The quantitative estimate of drug-likeness (QED) is 0.277. The number of carbonyl (C=O) groups is 2. The van der Waals surface area contributed by atoms with Crippen LogP contribution in [0.4, 0.5) is 0 Å². The summed E-state index contributed by atoms with van der Waals surface area (Å²) in [6.45, 7) is 0. The first-order valence-electron chi connectivity index (χ1n) is 8.66. The van der Waals surface area contributed by atoms with Crippen molar-refractivity contribution >= 4 is 67.1 Å². The number of carboxylic acid groups (broad SMARTS) is 2. The van der Waals surface area contributed by atoms with Gasteiger partial charge in [0.15, 0.2) is 5.69 Å². The Hall–Kier alpha value is -3.31. The summed E-state index contributed by atoms with van der Waals surface area (Å²) >= 11 is 12.7. The number of aromatic nitrogens is 2. The van der Waals surface area contributed by atoms with E-state index in [-0.39, 0.29) is 43.3 Å². The lowest BCUT2D eigenvalue weighted by molar-refractivity contribution is 0.0680. The normalized spacial score (nSPS) is 11.7. The van der Waals surface area contributed by atoms with Gasteiger partial charge in [0.2, 0.25) is 0 Å². The molecule has 0 amide bonds. The minimum atomic E-state index is -4.72. The lowest BCUT2D eigenvalue weighted by Crippen LogP contribution is -2.08. The monoisotopic (exact) mass is 492 g/mol. The molecular formula is C20H10Cl2N2O7S. The van der Waals surface area contributed by atoms with Crippen LogP contribution < -0.4 is 0 Å². The second-order valence-corrected chi connectivity index (χ2v) is 8.75. The molecule has 2 heterocycles. The van der Waals surface area contributed by atoms with E-state index < -0.39 is 32.6 Å². The van der Waals surface area contributed by atoms with Gasteiger partial charge >= 0.3 is 11.9 Å². The van der Waals surface area contributed by atoms with Crippen molar-refractivity contribution in [3.8, 4) is 11.1 Å². The number of hydrogen-bond acceptors (Lipinski definition) is 6. The van der Waals surface area contributed by atoms with Crippen LogP contribution in [0.1, 0.15) is 21.0 Å². The van der Waals surface area contributed by atoms with E-state index in [0.717, 1.165) is 12.1 Å². The molecule has 32 heavy (non-hydrogen) atoms. The highest BCUT2D eigenvalue weighted by atomic mass is 35.5. The molecule has 2 aromatic carbocycles. The Morgan fingerprint density at radius 2 is 1.50 bits per heavy atom. The summed E-state index contributed by atoms with van der Waals surface area (Å²) in [6.07, 6.45) is 0. The van der Waals surface area contributed by atoms with Gasteiger partial charge < -0.3 is 10.2 Å². The Balaban J connectivity index is 2.20. The molecular weight excluding hydrogens is 483 g/mol. The number of fused-ring (bicyclic) bond motifs is 3. The number of benzene rings is 2. The second kappa shape index (κ2) is 7.68. The summed E-state index contributed by atoms with van der Waals surface area (Å²) in [5.74, 6) is -2.89. The van der Waals surface area contributed by atoms with E-state index in [2.05, 4.69) is 9.97 Å². The fourth-order valence-corrected chi connectivity index (χ4v) is 4.64. The number of hydrogen-bond donors (Lipinski definition) is 3. The number of aromatic carboxylic acids is 2. The summed E-state index contributed by atoms with van der Waals surface area (Å²) in [4.78, 5) is 31.1. The van der Waals surface area contributed by atoms with Crippen LogP contribution in [0.15, 0.2) is 47.4 Å². The molecule has 162 valence electrons. The number of nitrogens with zero attached hydrogens (tertiary/aromatic N) is 2. The molecule has 12 heteroatoms. The predicted octanol–water partition coefficient (Wildman–Crippen LogP) is 4.40. The van der Waals surface area contributed by atoms with Crippen LogP contribution >= 0.6 is 23.2 Å². The smallest absolute Gasteiger partial charge is 0.355 e. The van der Waals surface area contributed by atoms with Gasteiger partial charge in [-0.2, -0.15) is 8.42 Å². The Morgan fingerprint density at radius 3 is 2.12 bits per heavy atom. The van der Waals surface area contributed by atoms with Crippen LogP contribution in [0.2, 0.25) is 10.0 Å². The first kappa shape index (κ1) is 21.9. The van der Waals surface area contributed by atoms with E-state index in [9.17, 15) is 32.8 Å². The van der Waals surface area contributed by atoms with Crippen LogP contribution in [-0.2, 0) is 10.1 Å². The topological polar surface area (TPSA) is 155 Å². The van der Waals surface area contributed by atoms with Crippen LogP contribution in [-0.4, -0.2) is 45.1 Å². The zero-order valence-electron chi connectivity index (χ0n) is 15.6. The molecule has 0 aliphatic heterocycles. The van der Waals surface area contributed by atoms with E-state index in [4.69, 9.17) is 23.2 Å². The Labute approximate surface area is 189 Å². The van der Waals surface area contributed by atoms with Crippen molar-refractivity contribution in [2.24, 2.45) is 0 Å². The third-order valence-electron chi connectivity index (χ3n) is 4.68. The molecule has 0 atom stereocenters. The first-order chi connectivity index (χ1) is 15.0. The van der Waals surface area contributed by atoms with Gasteiger partial charge in [-0.25, -0.2) is 19.6 Å². The van der Waals surface area contributed by atoms with Crippen LogP contribution in [0.3, 0.4) is 0 Å². The largest absolute Gasteiger partial charge is 0.477 e. The average Bonchev–Trinajstić information content (AvgIpc) is 2.72. The highest BCUT2D eigenvalue weighted by Gasteiger charge is 2.26. The fourth-order valence-electron chi connectivity index (χ4n) is 3.34. The van der Waals surface area contributed by atoms with Crippen molar-refractivity contribution in [1.82, 2.24) is 9.97 Å². The van der Waals surface area contributed by atoms with Crippen molar-refractivity contribution in [1.29, 1.82) is 0 Å². The standard InChI is InChI=1S/C20H10Cl2N2O7S/c21-11-7-12(19(25)26)23-16-8(11)5-6-10-15(22)14(18(20(27)28)24-17(10)16)9-3-1-2-4-13(9)32(29,30)31/h1-7H,(H,25,26)(H,27,28)(H,29,30,31). The van der Waals surface area contributed by atoms with Crippen molar-refractivity contribution in [3.05, 3.63) is 63.9 Å². The molecule has 0 unspecified atom stereocenters. The summed E-state index contributed by atoms with van der Waals surface area (Å²) < 4.78 is 33.3. The molecule has 9 nitrogen and oxygen atoms in total. The molecule has 0 radical (unpaired) electrons. The van der Waals surface area contributed by atoms with Gasteiger partial charge in [0.05, 0.1) is 21.1 Å². The molecule has 3 N–H and O–H groups in total. The van der Waals surface area contributed by atoms with Crippen molar-refractivity contribution < 1.29 is 32.8 Å². The maximum Gasteiger partial charge on any atom is 0.355 e. The third kappa shape index (κ3) is 3.53. The minimum absolute atomic E-state index is 0.00594. The van der Waals surface area contributed by atoms with Crippen LogP contribution in [0.25, 0.3) is 32.9 Å². The summed E-state index contributed by atoms with van der Waals surface area (Å²) in [5, 5.41) is 19.5. The SMILES string of the molecule is O=C(O)c1cc(Cl)c2ccc3c(Cl)c(-c4ccccc4S(=O)(=O)O)c(C(=O)O)nc3c2n1. The molecule has 2 aromatic heterocycles. The molecule has 0 fully saturated rings. The van der Waals surface area contributed by atoms with E-state index >= 15 is 0 Å². The summed E-state index contributed by atoms with van der Waals surface area (Å²) in [7, 11) is -4.72. The minimum Gasteiger partial charge on any atom is -0.477 e. The lowest BCUT2D eigenvalue weighted by atomic mass is 10.00. The Kier molecular flexibility index (Phi) is 5.25. The highest BCUT2D eigenvalue weighted by molar-refractivity contribution is 7.86. The van der Waals surface area contributed by atoms with E-state index in [1.54, 1.807) is 0 Å². The number of carboxylic acids is 2. The van der Waals surface area contributed by atoms with E-state index in [1.807, 2.05) is 0 Å². The van der Waals surface area contributed by atoms with Gasteiger partial charge in [-0.3, -0.25) is 4.55 Å². The van der Waals surface area contributed by atoms with Crippen LogP contribution in [0, 0.1) is 0 Å². The predicted molar refractivity (Wildman–Crippen MR) is 116 cm³/mol. The molecule has 0 aliphatic carbocycles. The average molecular weight is 493 g/mol. The molecule has 0 bridgehead atoms. The van der Waals surface area contributed by atoms with Crippen molar-refractivity contribution in [3.63, 3.8) is 0 Å². The van der Waals surface area contributed by atoms with E-state index in [1.165, 1.54) is 30.3 Å². The second-order valence-electron chi connectivity index (χ2n) is 6.58. The molecule has 0 saturated carbocycles. The van der Waals surface area contributed by atoms with Gasteiger partial charge in [0, 0.05) is 21.9 Å². The highest BCUT2D eigenvalue weighted by Crippen LogP contribution is 2.41. The molecule has 4 rings (SSSR count). The van der Waals surface area contributed by atoms with Gasteiger partial charge in [-0.05, 0) is 12.1 Å². The van der Waals surface area contributed by atoms with Crippen molar-refractivity contribution in [2.45, 2.75) is 4.90 Å². The van der Waals surface area contributed by atoms with Gasteiger partial charge in [0.25, 0.3) is 10.1 Å². The van der Waals surface area contributed by atoms with Gasteiger partial charge in [-0.15, -0.1) is 0 Å². The maximum absolute atomic E-state index is 12.1. The zero-order chi connectivity index (χ0) is 23.4. The summed E-state index contributed by atoms with van der Waals surface area (Å²) in [5.41, 5.74) is -1.44. The van der Waals surface area contributed by atoms with Crippen molar-refractivity contribution in [2.75, 3.05) is 0 Å². The number of rotatable bonds is 4. The fraction of sp³-hybridized carbons (Fsp3) is 0. The summed E-state index contributed by atoms with van der Waals surface area (Å²) in [6, 6.07) is 9.30. The Bertz CT molecular complexity index is 1590. The lowest BCUT2D eigenvalue weighted by Gasteiger charge is -2.15. The Morgan fingerprint density at radius 1 is 0.875 bits per heavy atom.